The van der Waals surface area contributed by atoms with Crippen molar-refractivity contribution in [2.75, 3.05) is 7.11 Å². The molecule has 0 saturated heterocycles. The largest absolute Gasteiger partial charge is 0.497 e. The minimum absolute atomic E-state index is 0.211. The van der Waals surface area contributed by atoms with Gasteiger partial charge < -0.3 is 18.9 Å². The van der Waals surface area contributed by atoms with E-state index in [1.54, 1.807) is 19.2 Å². The van der Waals surface area contributed by atoms with Crippen molar-refractivity contribution in [1.29, 1.82) is 0 Å². The summed E-state index contributed by atoms with van der Waals surface area (Å²) in [4.78, 5) is 24.0. The fourth-order valence-electron chi connectivity index (χ4n) is 4.55. The predicted octanol–water partition coefficient (Wildman–Crippen LogP) is 7.51. The van der Waals surface area contributed by atoms with E-state index in [-0.39, 0.29) is 12.1 Å². The van der Waals surface area contributed by atoms with Crippen LogP contribution in [0.15, 0.2) is 36.4 Å². The van der Waals surface area contributed by atoms with Gasteiger partial charge in [-0.3, -0.25) is 9.59 Å². The minimum atomic E-state index is -0.401. The molecule has 0 fully saturated rings. The van der Waals surface area contributed by atoms with Gasteiger partial charge in [0.15, 0.2) is 0 Å². The summed E-state index contributed by atoms with van der Waals surface area (Å²) in [5, 5.41) is 0. The van der Waals surface area contributed by atoms with Crippen LogP contribution in [0.4, 0.5) is 0 Å². The number of methoxy groups -OCH3 is 1. The lowest BCUT2D eigenvalue weighted by molar-refractivity contribution is -0.134. The van der Waals surface area contributed by atoms with E-state index in [4.69, 9.17) is 18.9 Å². The molecule has 0 amide bonds. The fourth-order valence-corrected chi connectivity index (χ4v) is 4.55. The molecule has 1 aliphatic rings. The van der Waals surface area contributed by atoms with Crippen molar-refractivity contribution < 1.29 is 28.5 Å². The quantitative estimate of drug-likeness (QED) is 0.153. The normalized spacial score (nSPS) is 14.5. The number of hydrogen-bond acceptors (Lipinski definition) is 6. The van der Waals surface area contributed by atoms with Gasteiger partial charge in [-0.2, -0.15) is 0 Å². The van der Waals surface area contributed by atoms with Crippen molar-refractivity contribution in [2.45, 2.75) is 97.0 Å². The van der Waals surface area contributed by atoms with Crippen LogP contribution in [0.5, 0.6) is 23.0 Å². The highest BCUT2D eigenvalue weighted by atomic mass is 16.5. The lowest BCUT2D eigenvalue weighted by atomic mass is 9.96. The minimum Gasteiger partial charge on any atom is -0.497 e. The lowest BCUT2D eigenvalue weighted by Gasteiger charge is -2.28. The van der Waals surface area contributed by atoms with Gasteiger partial charge in [-0.1, -0.05) is 64.4 Å². The second-order valence-corrected chi connectivity index (χ2v) is 9.46. The van der Waals surface area contributed by atoms with Crippen LogP contribution >= 0.6 is 0 Å². The first-order chi connectivity index (χ1) is 17.5. The molecule has 2 aromatic rings. The number of carbonyl (C=O) groups is 2. The van der Waals surface area contributed by atoms with Gasteiger partial charge in [-0.05, 0) is 43.0 Å². The van der Waals surface area contributed by atoms with Crippen LogP contribution in [0.1, 0.15) is 102 Å². The zero-order valence-corrected chi connectivity index (χ0v) is 22.0. The van der Waals surface area contributed by atoms with Gasteiger partial charge in [0.2, 0.25) is 0 Å². The molecule has 0 spiro atoms. The number of hydrogen-bond donors (Lipinski definition) is 0. The molecule has 3 rings (SSSR count). The molecule has 36 heavy (non-hydrogen) atoms. The molecule has 0 radical (unpaired) electrons. The Kier molecular flexibility index (Phi) is 11.1. The van der Waals surface area contributed by atoms with Gasteiger partial charge in [0.25, 0.3) is 0 Å². The third-order valence-corrected chi connectivity index (χ3v) is 6.52. The molecular formula is C30H40O6. The van der Waals surface area contributed by atoms with Crippen LogP contribution in [0, 0.1) is 0 Å². The zero-order chi connectivity index (χ0) is 25.8. The van der Waals surface area contributed by atoms with Crippen LogP contribution in [-0.2, 0) is 16.0 Å². The standard InChI is InChI=1S/C30H40O6/c1-4-5-6-7-8-9-10-11-12-13-30(32)35-25-16-14-23-15-19-27(36-28(23)21-25)26-18-17-24(33-3)20-29(26)34-22(2)31/h14,16-18,20-21,27H,4-13,15,19H2,1-3H3. The summed E-state index contributed by atoms with van der Waals surface area (Å²) in [7, 11) is 1.57. The smallest absolute Gasteiger partial charge is 0.311 e. The van der Waals surface area contributed by atoms with Gasteiger partial charge in [0.1, 0.15) is 29.1 Å². The summed E-state index contributed by atoms with van der Waals surface area (Å²) in [6, 6.07) is 10.9. The summed E-state index contributed by atoms with van der Waals surface area (Å²) < 4.78 is 22.6. The van der Waals surface area contributed by atoms with Crippen molar-refractivity contribution in [3.8, 4) is 23.0 Å². The van der Waals surface area contributed by atoms with E-state index < -0.39 is 5.97 Å². The monoisotopic (exact) mass is 496 g/mol. The van der Waals surface area contributed by atoms with E-state index in [1.807, 2.05) is 24.3 Å². The van der Waals surface area contributed by atoms with E-state index in [2.05, 4.69) is 6.92 Å². The number of esters is 2. The molecule has 1 atom stereocenters. The molecule has 1 unspecified atom stereocenters. The van der Waals surface area contributed by atoms with Crippen LogP contribution in [0.25, 0.3) is 0 Å². The van der Waals surface area contributed by atoms with E-state index in [0.29, 0.717) is 29.4 Å². The SMILES string of the molecule is CCCCCCCCCCCC(=O)Oc1ccc2c(c1)OC(c1ccc(OC)cc1OC(C)=O)CC2. The van der Waals surface area contributed by atoms with E-state index in [1.165, 1.54) is 51.9 Å². The van der Waals surface area contributed by atoms with Gasteiger partial charge >= 0.3 is 11.9 Å². The molecule has 2 aromatic carbocycles. The van der Waals surface area contributed by atoms with Crippen molar-refractivity contribution in [2.24, 2.45) is 0 Å². The van der Waals surface area contributed by atoms with Gasteiger partial charge in [0.05, 0.1) is 7.11 Å². The van der Waals surface area contributed by atoms with Crippen LogP contribution in [0.2, 0.25) is 0 Å². The first-order valence-corrected chi connectivity index (χ1v) is 13.4. The number of rotatable bonds is 14. The fraction of sp³-hybridized carbons (Fsp3) is 0.533. The highest BCUT2D eigenvalue weighted by molar-refractivity contribution is 5.72. The molecule has 6 heteroatoms. The first-order valence-electron chi connectivity index (χ1n) is 13.4. The molecule has 0 saturated carbocycles. The second-order valence-electron chi connectivity index (χ2n) is 9.46. The van der Waals surface area contributed by atoms with Crippen molar-refractivity contribution in [3.63, 3.8) is 0 Å². The number of ether oxygens (including phenoxy) is 4. The Hall–Kier alpha value is -3.02. The number of fused-ring (bicyclic) bond motifs is 1. The van der Waals surface area contributed by atoms with Crippen molar-refractivity contribution in [3.05, 3.63) is 47.5 Å². The first kappa shape index (κ1) is 27.6. The zero-order valence-electron chi connectivity index (χ0n) is 22.0. The molecule has 0 aromatic heterocycles. The van der Waals surface area contributed by atoms with Gasteiger partial charge in [0, 0.05) is 31.0 Å². The van der Waals surface area contributed by atoms with Crippen LogP contribution in [-0.4, -0.2) is 19.0 Å². The predicted molar refractivity (Wildman–Crippen MR) is 140 cm³/mol. The lowest BCUT2D eigenvalue weighted by Crippen LogP contribution is -2.17. The van der Waals surface area contributed by atoms with Crippen LogP contribution in [0.3, 0.4) is 0 Å². The van der Waals surface area contributed by atoms with Gasteiger partial charge in [-0.15, -0.1) is 0 Å². The maximum absolute atomic E-state index is 12.4. The third kappa shape index (κ3) is 8.58. The summed E-state index contributed by atoms with van der Waals surface area (Å²) in [5.41, 5.74) is 1.84. The van der Waals surface area contributed by atoms with Crippen molar-refractivity contribution in [1.82, 2.24) is 0 Å². The average molecular weight is 497 g/mol. The number of aryl methyl sites for hydroxylation is 1. The maximum atomic E-state index is 12.4. The molecule has 0 aliphatic carbocycles. The maximum Gasteiger partial charge on any atom is 0.311 e. The third-order valence-electron chi connectivity index (χ3n) is 6.52. The molecule has 0 bridgehead atoms. The Balaban J connectivity index is 1.51. The summed E-state index contributed by atoms with van der Waals surface area (Å²) >= 11 is 0. The van der Waals surface area contributed by atoms with E-state index in [9.17, 15) is 9.59 Å². The molecule has 1 heterocycles. The Morgan fingerprint density at radius 3 is 2.28 bits per heavy atom. The van der Waals surface area contributed by atoms with Crippen molar-refractivity contribution >= 4 is 11.9 Å². The van der Waals surface area contributed by atoms with Crippen LogP contribution < -0.4 is 18.9 Å². The molecule has 196 valence electrons. The Bertz CT molecular complexity index is 999. The van der Waals surface area contributed by atoms with Gasteiger partial charge in [-0.25, -0.2) is 0 Å². The Morgan fingerprint density at radius 1 is 0.889 bits per heavy atom. The second kappa shape index (κ2) is 14.5. The molecule has 0 N–H and O–H groups in total. The summed E-state index contributed by atoms with van der Waals surface area (Å²) in [5.74, 6) is 1.60. The highest BCUT2D eigenvalue weighted by Crippen LogP contribution is 2.41. The molecular weight excluding hydrogens is 456 g/mol. The Morgan fingerprint density at radius 2 is 1.58 bits per heavy atom. The Labute approximate surface area is 215 Å². The van der Waals surface area contributed by atoms with E-state index >= 15 is 0 Å². The van der Waals surface area contributed by atoms with E-state index in [0.717, 1.165) is 36.8 Å². The number of unbranched alkanes of at least 4 members (excludes halogenated alkanes) is 8. The number of benzene rings is 2. The molecule has 1 aliphatic heterocycles. The highest BCUT2D eigenvalue weighted by Gasteiger charge is 2.26. The topological polar surface area (TPSA) is 71.1 Å². The number of carbonyl (C=O) groups excluding carboxylic acids is 2. The summed E-state index contributed by atoms with van der Waals surface area (Å²) in [6.07, 6.45) is 12.6. The average Bonchev–Trinajstić information content (AvgIpc) is 2.87. The molecule has 6 nitrogen and oxygen atoms in total. The summed E-state index contributed by atoms with van der Waals surface area (Å²) in [6.45, 7) is 3.60.